The molecule has 0 atom stereocenters. The molecule has 37 heavy (non-hydrogen) atoms. The summed E-state index contributed by atoms with van der Waals surface area (Å²) in [5.41, 5.74) is 7.31. The summed E-state index contributed by atoms with van der Waals surface area (Å²) >= 11 is 0. The van der Waals surface area contributed by atoms with Gasteiger partial charge in [-0.3, -0.25) is 9.48 Å². The van der Waals surface area contributed by atoms with Crippen molar-refractivity contribution in [2.75, 3.05) is 38.2 Å². The van der Waals surface area contributed by atoms with Crippen LogP contribution in [0.25, 0.3) is 0 Å². The highest BCUT2D eigenvalue weighted by Crippen LogP contribution is 2.31. The molecule has 0 aromatic heterocycles. The number of carbonyl (C=O) groups excluding carboxylic acids is 1. The zero-order valence-electron chi connectivity index (χ0n) is 20.5. The molecule has 1 aliphatic rings. The molecule has 0 bridgehead atoms. The molecule has 3 aromatic carbocycles. The Kier molecular flexibility index (Phi) is 8.45. The van der Waals surface area contributed by atoms with Crippen LogP contribution in [0.3, 0.4) is 0 Å². The minimum atomic E-state index is -4.46. The zero-order chi connectivity index (χ0) is 26.3. The van der Waals surface area contributed by atoms with Crippen LogP contribution < -0.4 is 10.9 Å². The largest absolute Gasteiger partial charge is 0.457 e. The van der Waals surface area contributed by atoms with E-state index in [2.05, 4.69) is 40.0 Å². The number of anilines is 1. The Bertz CT molecular complexity index is 1170. The number of alkyl halides is 3. The molecule has 6 nitrogen and oxygen atoms in total. The molecular weight excluding hydrogens is 481 g/mol. The molecule has 0 amide bonds. The summed E-state index contributed by atoms with van der Waals surface area (Å²) < 4.78 is 46.4. The lowest BCUT2D eigenvalue weighted by Gasteiger charge is -2.35. The normalized spacial score (nSPS) is 14.4. The fourth-order valence-electron chi connectivity index (χ4n) is 4.45. The summed E-state index contributed by atoms with van der Waals surface area (Å²) in [5.74, 6) is -0.409. The van der Waals surface area contributed by atoms with Crippen LogP contribution in [-0.4, -0.2) is 54.1 Å². The first-order valence-electron chi connectivity index (χ1n) is 12.2. The Balaban J connectivity index is 1.53. The fourth-order valence-corrected chi connectivity index (χ4v) is 4.45. The van der Waals surface area contributed by atoms with Crippen molar-refractivity contribution in [1.82, 2.24) is 10.3 Å². The smallest absolute Gasteiger partial charge is 0.423 e. The maximum atomic E-state index is 13.1. The Morgan fingerprint density at radius 2 is 1.54 bits per heavy atom. The highest BCUT2D eigenvalue weighted by atomic mass is 19.4. The second kappa shape index (κ2) is 11.9. The van der Waals surface area contributed by atoms with Crippen molar-refractivity contribution in [3.05, 3.63) is 102 Å². The summed E-state index contributed by atoms with van der Waals surface area (Å²) in [6, 6.07) is 25.4. The van der Waals surface area contributed by atoms with E-state index in [0.717, 1.165) is 12.1 Å². The maximum Gasteiger partial charge on any atom is 0.423 e. The molecule has 1 heterocycles. The van der Waals surface area contributed by atoms with Crippen molar-refractivity contribution >= 4 is 17.5 Å². The van der Waals surface area contributed by atoms with Gasteiger partial charge in [0.1, 0.15) is 0 Å². The van der Waals surface area contributed by atoms with Gasteiger partial charge < -0.3 is 4.74 Å². The second-order valence-corrected chi connectivity index (χ2v) is 8.64. The lowest BCUT2D eigenvalue weighted by molar-refractivity contribution is -0.541. The first-order chi connectivity index (χ1) is 17.9. The van der Waals surface area contributed by atoms with Gasteiger partial charge in [-0.15, -0.1) is 0 Å². The van der Waals surface area contributed by atoms with Crippen LogP contribution in [0.15, 0.2) is 84.9 Å². The number of piperazine rings is 1. The summed E-state index contributed by atoms with van der Waals surface area (Å²) in [5, 5.41) is 0. The molecule has 0 saturated carbocycles. The van der Waals surface area contributed by atoms with Crippen molar-refractivity contribution in [2.24, 2.45) is 0 Å². The lowest BCUT2D eigenvalue weighted by atomic mass is 9.96. The molecule has 4 rings (SSSR count). The first kappa shape index (κ1) is 26.2. The van der Waals surface area contributed by atoms with Gasteiger partial charge in [0, 0.05) is 13.1 Å². The van der Waals surface area contributed by atoms with E-state index in [1.54, 1.807) is 6.92 Å². The van der Waals surface area contributed by atoms with Crippen LogP contribution in [0.5, 0.6) is 0 Å². The minimum absolute atomic E-state index is 0.0618. The topological polar surface area (TPSA) is 56.6 Å². The third kappa shape index (κ3) is 6.68. The van der Waals surface area contributed by atoms with Crippen LogP contribution in [0.1, 0.15) is 29.7 Å². The molecular formula is C28H30F3N4O2+. The molecule has 1 saturated heterocycles. The molecule has 0 aliphatic carbocycles. The van der Waals surface area contributed by atoms with Crippen LogP contribution in [0.4, 0.5) is 18.9 Å². The number of halogens is 3. The molecule has 0 radical (unpaired) electrons. The second-order valence-electron chi connectivity index (χ2n) is 8.64. The zero-order valence-corrected chi connectivity index (χ0v) is 20.5. The Morgan fingerprint density at radius 1 is 0.946 bits per heavy atom. The van der Waals surface area contributed by atoms with Crippen LogP contribution >= 0.6 is 0 Å². The number of nitrogens with one attached hydrogen (secondary N) is 2. The number of carbonyl (C=O) groups is 1. The molecule has 1 fully saturated rings. The van der Waals surface area contributed by atoms with Gasteiger partial charge in [-0.2, -0.15) is 18.6 Å². The van der Waals surface area contributed by atoms with E-state index >= 15 is 0 Å². The van der Waals surface area contributed by atoms with Gasteiger partial charge in [-0.1, -0.05) is 66.7 Å². The number of rotatable bonds is 6. The third-order valence-electron chi connectivity index (χ3n) is 6.21. The van der Waals surface area contributed by atoms with E-state index in [9.17, 15) is 18.0 Å². The van der Waals surface area contributed by atoms with Crippen molar-refractivity contribution in [1.29, 1.82) is 0 Å². The molecule has 1 aliphatic heterocycles. The Labute approximate surface area is 214 Å². The summed E-state index contributed by atoms with van der Waals surface area (Å²) in [6.45, 7) is 4.28. The number of hydrogen-bond donors (Lipinski definition) is 2. The van der Waals surface area contributed by atoms with Crippen molar-refractivity contribution < 1.29 is 27.3 Å². The van der Waals surface area contributed by atoms with E-state index < -0.39 is 17.7 Å². The van der Waals surface area contributed by atoms with Crippen LogP contribution in [0.2, 0.25) is 0 Å². The molecule has 194 valence electrons. The Morgan fingerprint density at radius 3 is 2.08 bits per heavy atom. The Hall–Kier alpha value is -3.85. The third-order valence-corrected chi connectivity index (χ3v) is 6.21. The predicted molar refractivity (Wildman–Crippen MR) is 136 cm³/mol. The quantitative estimate of drug-likeness (QED) is 0.218. The number of amidine groups is 1. The SMILES string of the molecule is CCOC(=O)C(NNc1cccc(C(F)(F)F)c1)=[N+]1CCN(C(c2ccccc2)c2ccccc2)CC1. The van der Waals surface area contributed by atoms with Gasteiger partial charge in [-0.05, 0) is 36.2 Å². The van der Waals surface area contributed by atoms with Crippen molar-refractivity contribution in [3.8, 4) is 0 Å². The molecule has 9 heteroatoms. The maximum absolute atomic E-state index is 13.1. The number of nitrogens with zero attached hydrogens (tertiary/aromatic N) is 2. The van der Waals surface area contributed by atoms with Gasteiger partial charge in [-0.25, -0.2) is 10.2 Å². The van der Waals surface area contributed by atoms with Crippen LogP contribution in [-0.2, 0) is 15.7 Å². The summed E-state index contributed by atoms with van der Waals surface area (Å²) in [4.78, 5) is 15.1. The standard InChI is InChI=1S/C28H29F3N4O2/c1-2-37-27(36)26(33-32-24-15-9-14-23(20-24)28(29,30)31)35-18-16-34(17-19-35)25(21-10-5-3-6-11-21)22-12-7-4-8-13-22/h3-15,20,25H,2,16-19H2,1H3,(H,32,36)/p+1. The van der Waals surface area contributed by atoms with Gasteiger partial charge in [0.15, 0.2) is 0 Å². The number of hydrazine groups is 1. The highest BCUT2D eigenvalue weighted by Gasteiger charge is 2.32. The number of hydrogen-bond acceptors (Lipinski definition) is 4. The molecule has 3 aromatic rings. The first-order valence-corrected chi connectivity index (χ1v) is 12.2. The van der Waals surface area contributed by atoms with E-state index in [0.29, 0.717) is 26.2 Å². The van der Waals surface area contributed by atoms with Crippen molar-refractivity contribution in [2.45, 2.75) is 19.1 Å². The highest BCUT2D eigenvalue weighted by molar-refractivity contribution is 6.33. The van der Waals surface area contributed by atoms with Crippen molar-refractivity contribution in [3.63, 3.8) is 0 Å². The monoisotopic (exact) mass is 511 g/mol. The molecule has 0 spiro atoms. The van der Waals surface area contributed by atoms with Crippen LogP contribution in [0, 0.1) is 0 Å². The average molecular weight is 512 g/mol. The van der Waals surface area contributed by atoms with E-state index in [-0.39, 0.29) is 24.2 Å². The van der Waals surface area contributed by atoms with E-state index in [1.807, 2.05) is 41.0 Å². The van der Waals surface area contributed by atoms with E-state index in [1.165, 1.54) is 23.3 Å². The van der Waals surface area contributed by atoms with Gasteiger partial charge in [0.2, 0.25) is 0 Å². The number of esters is 1. The number of benzene rings is 3. The average Bonchev–Trinajstić information content (AvgIpc) is 2.91. The van der Waals surface area contributed by atoms with E-state index in [4.69, 9.17) is 4.74 Å². The van der Waals surface area contributed by atoms with Gasteiger partial charge in [0.05, 0.1) is 37.0 Å². The van der Waals surface area contributed by atoms with Gasteiger partial charge in [0.25, 0.3) is 0 Å². The van der Waals surface area contributed by atoms with Gasteiger partial charge >= 0.3 is 18.0 Å². The minimum Gasteiger partial charge on any atom is -0.457 e. The summed E-state index contributed by atoms with van der Waals surface area (Å²) in [6.07, 6.45) is -4.46. The number of ether oxygens (including phenoxy) is 1. The predicted octanol–water partition coefficient (Wildman–Crippen LogP) is 4.70. The molecule has 0 unspecified atom stereocenters. The molecule has 2 N–H and O–H groups in total. The fraction of sp³-hybridized carbons (Fsp3) is 0.286. The summed E-state index contributed by atoms with van der Waals surface area (Å²) in [7, 11) is 0. The lowest BCUT2D eigenvalue weighted by Crippen LogP contribution is -2.51.